The van der Waals surface area contributed by atoms with E-state index < -0.39 is 0 Å². The van der Waals surface area contributed by atoms with Crippen molar-refractivity contribution in [3.63, 3.8) is 0 Å². The highest BCUT2D eigenvalue weighted by atomic mass is 16.2. The summed E-state index contributed by atoms with van der Waals surface area (Å²) in [6.07, 6.45) is 5.36. The number of amides is 2. The predicted molar refractivity (Wildman–Crippen MR) is 71.1 cm³/mol. The molecule has 1 aromatic heterocycles. The largest absolute Gasteiger partial charge is 0.344 e. The molecule has 0 radical (unpaired) electrons. The van der Waals surface area contributed by atoms with Crippen LogP contribution in [0.5, 0.6) is 0 Å². The lowest BCUT2D eigenvalue weighted by molar-refractivity contribution is -0.134. The van der Waals surface area contributed by atoms with Gasteiger partial charge in [0.25, 0.3) is 0 Å². The third-order valence-electron chi connectivity index (χ3n) is 3.25. The van der Waals surface area contributed by atoms with E-state index in [9.17, 15) is 9.59 Å². The van der Waals surface area contributed by atoms with Crippen molar-refractivity contribution in [2.45, 2.75) is 38.8 Å². The first-order valence-electron chi connectivity index (χ1n) is 6.67. The fraction of sp³-hybridized carbons (Fsp3) is 0.500. The van der Waals surface area contributed by atoms with Gasteiger partial charge >= 0.3 is 0 Å². The Morgan fingerprint density at radius 2 is 2.11 bits per heavy atom. The Hall–Kier alpha value is -1.91. The number of nitrogens with one attached hydrogen (secondary N) is 1. The number of hydrogen-bond acceptors (Lipinski definition) is 3. The van der Waals surface area contributed by atoms with Gasteiger partial charge in [-0.25, -0.2) is 0 Å². The Morgan fingerprint density at radius 1 is 1.37 bits per heavy atom. The van der Waals surface area contributed by atoms with Crippen LogP contribution in [0.4, 0.5) is 0 Å². The maximum atomic E-state index is 12.4. The maximum Gasteiger partial charge on any atom is 0.245 e. The molecule has 1 atom stereocenters. The summed E-state index contributed by atoms with van der Waals surface area (Å²) in [6, 6.07) is 3.41. The quantitative estimate of drug-likeness (QED) is 0.882. The molecule has 102 valence electrons. The molecule has 1 fully saturated rings. The summed E-state index contributed by atoms with van der Waals surface area (Å²) in [5.41, 5.74) is 1.04. The van der Waals surface area contributed by atoms with Gasteiger partial charge in [0.15, 0.2) is 0 Å². The molecule has 0 spiro atoms. The van der Waals surface area contributed by atoms with Crippen LogP contribution in [0.3, 0.4) is 0 Å². The molecule has 2 heterocycles. The minimum atomic E-state index is -0.373. The molecule has 0 aliphatic carbocycles. The second kappa shape index (κ2) is 6.31. The van der Waals surface area contributed by atoms with Crippen LogP contribution >= 0.6 is 0 Å². The van der Waals surface area contributed by atoms with Gasteiger partial charge in [-0.1, -0.05) is 13.3 Å². The molecular weight excluding hydrogens is 242 g/mol. The summed E-state index contributed by atoms with van der Waals surface area (Å²) in [5, 5.41) is 2.80. The maximum absolute atomic E-state index is 12.4. The SMILES string of the molecule is CCCC1NC(=O)CCN(Cc2ccncc2)C1=O. The zero-order valence-corrected chi connectivity index (χ0v) is 11.1. The van der Waals surface area contributed by atoms with Crippen LogP contribution in [-0.2, 0) is 16.1 Å². The van der Waals surface area contributed by atoms with Crippen molar-refractivity contribution in [3.8, 4) is 0 Å². The van der Waals surface area contributed by atoms with E-state index in [1.165, 1.54) is 0 Å². The highest BCUT2D eigenvalue weighted by molar-refractivity contribution is 5.89. The van der Waals surface area contributed by atoms with Crippen LogP contribution in [0, 0.1) is 0 Å². The average Bonchev–Trinajstić information content (AvgIpc) is 2.54. The molecule has 2 rings (SSSR count). The van der Waals surface area contributed by atoms with Crippen molar-refractivity contribution in [3.05, 3.63) is 30.1 Å². The first kappa shape index (κ1) is 13.5. The van der Waals surface area contributed by atoms with E-state index in [0.29, 0.717) is 25.9 Å². The lowest BCUT2D eigenvalue weighted by atomic mass is 10.1. The van der Waals surface area contributed by atoms with Crippen molar-refractivity contribution in [2.75, 3.05) is 6.54 Å². The molecule has 5 heteroatoms. The van der Waals surface area contributed by atoms with Crippen LogP contribution in [0.25, 0.3) is 0 Å². The lowest BCUT2D eigenvalue weighted by Gasteiger charge is -2.23. The van der Waals surface area contributed by atoms with Gasteiger partial charge in [0.05, 0.1) is 0 Å². The Morgan fingerprint density at radius 3 is 2.79 bits per heavy atom. The molecule has 19 heavy (non-hydrogen) atoms. The number of nitrogens with zero attached hydrogens (tertiary/aromatic N) is 2. The van der Waals surface area contributed by atoms with Crippen molar-refractivity contribution in [1.82, 2.24) is 15.2 Å². The fourth-order valence-corrected chi connectivity index (χ4v) is 2.25. The molecule has 1 N–H and O–H groups in total. The predicted octanol–water partition coefficient (Wildman–Crippen LogP) is 1.10. The summed E-state index contributed by atoms with van der Waals surface area (Å²) >= 11 is 0. The smallest absolute Gasteiger partial charge is 0.245 e. The Balaban J connectivity index is 2.10. The first-order valence-corrected chi connectivity index (χ1v) is 6.67. The highest BCUT2D eigenvalue weighted by Crippen LogP contribution is 2.12. The van der Waals surface area contributed by atoms with Gasteiger partial charge < -0.3 is 10.2 Å². The number of aromatic nitrogens is 1. The van der Waals surface area contributed by atoms with Crippen LogP contribution < -0.4 is 5.32 Å². The van der Waals surface area contributed by atoms with E-state index in [2.05, 4.69) is 10.3 Å². The summed E-state index contributed by atoms with van der Waals surface area (Å²) in [7, 11) is 0. The first-order chi connectivity index (χ1) is 9.20. The van der Waals surface area contributed by atoms with E-state index in [1.54, 1.807) is 17.3 Å². The van der Waals surface area contributed by atoms with Crippen molar-refractivity contribution in [2.24, 2.45) is 0 Å². The molecule has 0 saturated carbocycles. The Labute approximate surface area is 113 Å². The molecule has 2 amide bonds. The summed E-state index contributed by atoms with van der Waals surface area (Å²) in [4.78, 5) is 29.7. The molecule has 1 unspecified atom stereocenters. The zero-order valence-electron chi connectivity index (χ0n) is 11.1. The van der Waals surface area contributed by atoms with Crippen LogP contribution in [-0.4, -0.2) is 34.3 Å². The van der Waals surface area contributed by atoms with E-state index in [0.717, 1.165) is 12.0 Å². The summed E-state index contributed by atoms with van der Waals surface area (Å²) in [6.45, 7) is 3.03. The molecule has 1 aromatic rings. The molecule has 0 bridgehead atoms. The minimum absolute atomic E-state index is 0.0181. The third kappa shape index (κ3) is 3.53. The average molecular weight is 261 g/mol. The Bertz CT molecular complexity index is 447. The molecule has 1 saturated heterocycles. The summed E-state index contributed by atoms with van der Waals surface area (Å²) in [5.74, 6) is -0.0199. The van der Waals surface area contributed by atoms with Gasteiger partial charge in [-0.3, -0.25) is 14.6 Å². The highest BCUT2D eigenvalue weighted by Gasteiger charge is 2.28. The second-order valence-corrected chi connectivity index (χ2v) is 4.77. The fourth-order valence-electron chi connectivity index (χ4n) is 2.25. The monoisotopic (exact) mass is 261 g/mol. The second-order valence-electron chi connectivity index (χ2n) is 4.77. The minimum Gasteiger partial charge on any atom is -0.344 e. The van der Waals surface area contributed by atoms with Crippen LogP contribution in [0.2, 0.25) is 0 Å². The molecular formula is C14H19N3O2. The lowest BCUT2D eigenvalue weighted by Crippen LogP contribution is -2.44. The number of rotatable bonds is 4. The number of pyridine rings is 1. The summed E-state index contributed by atoms with van der Waals surface area (Å²) < 4.78 is 0. The number of carbonyl (C=O) groups excluding carboxylic acids is 2. The normalized spacial score (nSPS) is 20.1. The van der Waals surface area contributed by atoms with Crippen molar-refractivity contribution in [1.29, 1.82) is 0 Å². The number of carbonyl (C=O) groups is 2. The van der Waals surface area contributed by atoms with Crippen molar-refractivity contribution < 1.29 is 9.59 Å². The van der Waals surface area contributed by atoms with Crippen molar-refractivity contribution >= 4 is 11.8 Å². The van der Waals surface area contributed by atoms with Gasteiger partial charge in [0, 0.05) is 31.9 Å². The third-order valence-corrected chi connectivity index (χ3v) is 3.25. The van der Waals surface area contributed by atoms with Gasteiger partial charge in [0.2, 0.25) is 11.8 Å². The van der Waals surface area contributed by atoms with E-state index in [4.69, 9.17) is 0 Å². The van der Waals surface area contributed by atoms with Gasteiger partial charge in [-0.2, -0.15) is 0 Å². The van der Waals surface area contributed by atoms with Gasteiger partial charge in [-0.05, 0) is 24.1 Å². The number of hydrogen-bond donors (Lipinski definition) is 1. The van der Waals surface area contributed by atoms with Crippen LogP contribution in [0.15, 0.2) is 24.5 Å². The van der Waals surface area contributed by atoms with Crippen LogP contribution in [0.1, 0.15) is 31.7 Å². The van der Waals surface area contributed by atoms with E-state index in [-0.39, 0.29) is 17.9 Å². The zero-order chi connectivity index (χ0) is 13.7. The van der Waals surface area contributed by atoms with E-state index in [1.807, 2.05) is 19.1 Å². The molecule has 0 aromatic carbocycles. The standard InChI is InChI=1S/C14H19N3O2/c1-2-3-12-14(19)17(9-6-13(18)16-12)10-11-4-7-15-8-5-11/h4-5,7-8,12H,2-3,6,9-10H2,1H3,(H,16,18). The van der Waals surface area contributed by atoms with Gasteiger partial charge in [0.1, 0.15) is 6.04 Å². The van der Waals surface area contributed by atoms with E-state index >= 15 is 0 Å². The molecule has 5 nitrogen and oxygen atoms in total. The van der Waals surface area contributed by atoms with Gasteiger partial charge in [-0.15, -0.1) is 0 Å². The Kier molecular flexibility index (Phi) is 4.49. The molecule has 1 aliphatic rings. The molecule has 1 aliphatic heterocycles. The topological polar surface area (TPSA) is 62.3 Å².